The van der Waals surface area contributed by atoms with E-state index in [0.717, 1.165) is 24.2 Å². The maximum atomic E-state index is 13.8. The van der Waals surface area contributed by atoms with Crippen molar-refractivity contribution in [3.05, 3.63) is 17.5 Å². The molecule has 0 saturated heterocycles. The van der Waals surface area contributed by atoms with Gasteiger partial charge in [0.15, 0.2) is 0 Å². The number of aromatic nitrogens is 2. The highest BCUT2D eigenvalue weighted by Crippen LogP contribution is 2.36. The molecular weight excluding hydrogens is 191 g/mol. The molecule has 0 bridgehead atoms. The van der Waals surface area contributed by atoms with Crippen molar-refractivity contribution < 1.29 is 4.39 Å². The third kappa shape index (κ3) is 1.80. The van der Waals surface area contributed by atoms with Gasteiger partial charge < -0.3 is 0 Å². The fourth-order valence-corrected chi connectivity index (χ4v) is 2.20. The zero-order valence-corrected chi connectivity index (χ0v) is 9.70. The van der Waals surface area contributed by atoms with Crippen molar-refractivity contribution in [1.29, 1.82) is 0 Å². The van der Waals surface area contributed by atoms with E-state index in [-0.39, 0.29) is 0 Å². The van der Waals surface area contributed by atoms with Crippen molar-refractivity contribution >= 4 is 0 Å². The van der Waals surface area contributed by atoms with Crippen LogP contribution in [0.4, 0.5) is 4.39 Å². The topological polar surface area (TPSA) is 17.8 Å². The zero-order chi connectivity index (χ0) is 11.0. The lowest BCUT2D eigenvalue weighted by molar-refractivity contribution is 0.256. The van der Waals surface area contributed by atoms with E-state index in [0.29, 0.717) is 18.3 Å². The average Bonchev–Trinajstić information content (AvgIpc) is 2.61. The van der Waals surface area contributed by atoms with Crippen LogP contribution in [-0.2, 0) is 6.54 Å². The lowest BCUT2D eigenvalue weighted by atomic mass is 9.88. The normalized spacial score (nSPS) is 22.9. The molecule has 0 fully saturated rings. The predicted octanol–water partition coefficient (Wildman–Crippen LogP) is 3.45. The van der Waals surface area contributed by atoms with Crippen LogP contribution < -0.4 is 0 Å². The van der Waals surface area contributed by atoms with Crippen molar-refractivity contribution in [3.8, 4) is 0 Å². The van der Waals surface area contributed by atoms with Crippen LogP contribution in [0.3, 0.4) is 0 Å². The maximum absolute atomic E-state index is 13.8. The summed E-state index contributed by atoms with van der Waals surface area (Å²) in [4.78, 5) is 0. The maximum Gasteiger partial charge on any atom is 0.142 e. The first-order chi connectivity index (χ1) is 7.11. The number of rotatable bonds is 2. The summed E-state index contributed by atoms with van der Waals surface area (Å²) in [5.41, 5.74) is 1.94. The highest BCUT2D eigenvalue weighted by Gasteiger charge is 2.27. The van der Waals surface area contributed by atoms with Gasteiger partial charge in [-0.1, -0.05) is 20.8 Å². The monoisotopic (exact) mass is 210 g/mol. The number of fused-ring (bicyclic) bond motifs is 1. The summed E-state index contributed by atoms with van der Waals surface area (Å²) >= 11 is 0. The smallest absolute Gasteiger partial charge is 0.142 e. The Morgan fingerprint density at radius 1 is 1.47 bits per heavy atom. The molecule has 1 aromatic heterocycles. The van der Waals surface area contributed by atoms with Crippen molar-refractivity contribution in [1.82, 2.24) is 9.78 Å². The molecule has 0 aromatic carbocycles. The Balaban J connectivity index is 2.37. The SMILES string of the molecule is CC(C)C(C)c1cnn2c1C(F)CCC2. The van der Waals surface area contributed by atoms with E-state index in [1.165, 1.54) is 0 Å². The molecule has 1 aliphatic heterocycles. The van der Waals surface area contributed by atoms with Crippen LogP contribution in [0.5, 0.6) is 0 Å². The molecule has 0 amide bonds. The standard InChI is InChI=1S/C12H19FN2/c1-8(2)9(3)10-7-14-15-6-4-5-11(13)12(10)15/h7-9,11H,4-6H2,1-3H3. The second-order valence-corrected chi connectivity index (χ2v) is 4.85. The molecule has 1 aliphatic rings. The minimum Gasteiger partial charge on any atom is -0.266 e. The first-order valence-electron chi connectivity index (χ1n) is 5.81. The van der Waals surface area contributed by atoms with Gasteiger partial charge in [0.1, 0.15) is 6.17 Å². The molecule has 2 heterocycles. The van der Waals surface area contributed by atoms with E-state index in [1.54, 1.807) is 0 Å². The molecule has 84 valence electrons. The quantitative estimate of drug-likeness (QED) is 0.731. The van der Waals surface area contributed by atoms with Crippen molar-refractivity contribution in [2.75, 3.05) is 0 Å². The predicted molar refractivity (Wildman–Crippen MR) is 58.6 cm³/mol. The summed E-state index contributed by atoms with van der Waals surface area (Å²) in [7, 11) is 0. The molecule has 0 aliphatic carbocycles. The molecule has 1 aromatic rings. The third-order valence-corrected chi connectivity index (χ3v) is 3.52. The van der Waals surface area contributed by atoms with Crippen LogP contribution in [-0.4, -0.2) is 9.78 Å². The van der Waals surface area contributed by atoms with Crippen LogP contribution in [0, 0.1) is 5.92 Å². The largest absolute Gasteiger partial charge is 0.266 e. The Labute approximate surface area is 90.5 Å². The highest BCUT2D eigenvalue weighted by molar-refractivity contribution is 5.25. The molecule has 2 rings (SSSR count). The molecule has 2 atom stereocenters. The van der Waals surface area contributed by atoms with Crippen molar-refractivity contribution in [2.45, 2.75) is 52.2 Å². The number of hydrogen-bond acceptors (Lipinski definition) is 1. The van der Waals surface area contributed by atoms with E-state index in [9.17, 15) is 4.39 Å². The molecule has 2 unspecified atom stereocenters. The van der Waals surface area contributed by atoms with E-state index in [4.69, 9.17) is 0 Å². The van der Waals surface area contributed by atoms with Crippen LogP contribution in [0.1, 0.15) is 57.0 Å². The van der Waals surface area contributed by atoms with Gasteiger partial charge in [0.2, 0.25) is 0 Å². The van der Waals surface area contributed by atoms with Crippen molar-refractivity contribution in [3.63, 3.8) is 0 Å². The fraction of sp³-hybridized carbons (Fsp3) is 0.750. The lowest BCUT2D eigenvalue weighted by Crippen LogP contribution is -2.16. The molecule has 0 radical (unpaired) electrons. The van der Waals surface area contributed by atoms with E-state index in [1.807, 2.05) is 10.9 Å². The zero-order valence-electron chi connectivity index (χ0n) is 9.70. The summed E-state index contributed by atoms with van der Waals surface area (Å²) in [6.07, 6.45) is 2.62. The van der Waals surface area contributed by atoms with Crippen LogP contribution in [0.15, 0.2) is 6.20 Å². The van der Waals surface area contributed by atoms with Gasteiger partial charge >= 0.3 is 0 Å². The molecular formula is C12H19FN2. The number of aryl methyl sites for hydroxylation is 1. The fourth-order valence-electron chi connectivity index (χ4n) is 2.20. The lowest BCUT2D eigenvalue weighted by Gasteiger charge is -2.22. The summed E-state index contributed by atoms with van der Waals surface area (Å²) in [5.74, 6) is 0.929. The minimum atomic E-state index is -0.808. The summed E-state index contributed by atoms with van der Waals surface area (Å²) < 4.78 is 15.7. The Kier molecular flexibility index (Phi) is 2.81. The van der Waals surface area contributed by atoms with Crippen molar-refractivity contribution in [2.24, 2.45) is 5.92 Å². The van der Waals surface area contributed by atoms with Crippen LogP contribution in [0.2, 0.25) is 0 Å². The number of nitrogens with zero attached hydrogens (tertiary/aromatic N) is 2. The Hall–Kier alpha value is -0.860. The first kappa shape index (κ1) is 10.7. The molecule has 0 spiro atoms. The Morgan fingerprint density at radius 3 is 2.87 bits per heavy atom. The second kappa shape index (κ2) is 3.95. The molecule has 0 N–H and O–H groups in total. The van der Waals surface area contributed by atoms with Crippen LogP contribution >= 0.6 is 0 Å². The number of alkyl halides is 1. The molecule has 2 nitrogen and oxygen atoms in total. The Morgan fingerprint density at radius 2 is 2.20 bits per heavy atom. The average molecular weight is 210 g/mol. The van der Waals surface area contributed by atoms with Gasteiger partial charge in [-0.25, -0.2) is 4.39 Å². The highest BCUT2D eigenvalue weighted by atomic mass is 19.1. The summed E-state index contributed by atoms with van der Waals surface area (Å²) in [6.45, 7) is 7.37. The third-order valence-electron chi connectivity index (χ3n) is 3.52. The second-order valence-electron chi connectivity index (χ2n) is 4.85. The van der Waals surface area contributed by atoms with E-state index in [2.05, 4.69) is 25.9 Å². The molecule has 3 heteroatoms. The number of halogens is 1. The van der Waals surface area contributed by atoms with Gasteiger partial charge in [0.05, 0.1) is 11.9 Å². The minimum absolute atomic E-state index is 0.394. The molecule has 15 heavy (non-hydrogen) atoms. The summed E-state index contributed by atoms with van der Waals surface area (Å²) in [6, 6.07) is 0. The van der Waals surface area contributed by atoms with E-state index < -0.39 is 6.17 Å². The molecule has 0 saturated carbocycles. The van der Waals surface area contributed by atoms with Gasteiger partial charge in [0, 0.05) is 6.54 Å². The van der Waals surface area contributed by atoms with Gasteiger partial charge in [-0.15, -0.1) is 0 Å². The van der Waals surface area contributed by atoms with E-state index >= 15 is 0 Å². The van der Waals surface area contributed by atoms with Crippen LogP contribution in [0.25, 0.3) is 0 Å². The van der Waals surface area contributed by atoms with Gasteiger partial charge in [-0.3, -0.25) is 4.68 Å². The number of hydrogen-bond donors (Lipinski definition) is 0. The van der Waals surface area contributed by atoms with Gasteiger partial charge in [0.25, 0.3) is 0 Å². The van der Waals surface area contributed by atoms with Gasteiger partial charge in [-0.2, -0.15) is 5.10 Å². The van der Waals surface area contributed by atoms with Gasteiger partial charge in [-0.05, 0) is 30.2 Å². The first-order valence-corrected chi connectivity index (χ1v) is 5.81. The Bertz CT molecular complexity index is 343. The summed E-state index contributed by atoms with van der Waals surface area (Å²) in [5, 5.41) is 4.29.